The fourth-order valence-electron chi connectivity index (χ4n) is 2.03. The Morgan fingerprint density at radius 2 is 1.52 bits per heavy atom. The first-order chi connectivity index (χ1) is 12.2. The van der Waals surface area contributed by atoms with Gasteiger partial charge in [0.2, 0.25) is 8.32 Å². The first-order valence-electron chi connectivity index (χ1n) is 10.2. The molecule has 6 heteroatoms. The monoisotopic (exact) mass is 414 g/mol. The van der Waals surface area contributed by atoms with E-state index in [-0.39, 0.29) is 11.0 Å². The van der Waals surface area contributed by atoms with Gasteiger partial charge in [-0.25, -0.2) is 0 Å². The molecule has 0 aromatic carbocycles. The lowest BCUT2D eigenvalue weighted by Gasteiger charge is -2.35. The predicted molar refractivity (Wildman–Crippen MR) is 119 cm³/mol. The first-order valence-corrected chi connectivity index (χ1v) is 16.6. The SMILES string of the molecule is CCCCC(=C=C(OCC)O[Si](C)(C)C)CCC(=O)O[Si](C)(C)C(C)(C)C. The molecule has 4 nitrogen and oxygen atoms in total. The summed E-state index contributed by atoms with van der Waals surface area (Å²) < 4.78 is 17.5. The van der Waals surface area contributed by atoms with Crippen LogP contribution in [0.2, 0.25) is 37.8 Å². The second-order valence-corrected chi connectivity index (χ2v) is 18.7. The van der Waals surface area contributed by atoms with Gasteiger partial charge in [0.25, 0.3) is 14.3 Å². The molecule has 0 heterocycles. The van der Waals surface area contributed by atoms with E-state index in [0.717, 1.165) is 24.8 Å². The number of ether oxygens (including phenoxy) is 1. The van der Waals surface area contributed by atoms with Gasteiger partial charge >= 0.3 is 5.95 Å². The molecule has 0 saturated heterocycles. The summed E-state index contributed by atoms with van der Waals surface area (Å²) in [4.78, 5) is 12.4. The van der Waals surface area contributed by atoms with Gasteiger partial charge in [-0.3, -0.25) is 4.79 Å². The zero-order valence-corrected chi connectivity index (χ0v) is 21.4. The van der Waals surface area contributed by atoms with Crippen LogP contribution in [0.3, 0.4) is 0 Å². The van der Waals surface area contributed by atoms with Crippen molar-refractivity contribution in [1.82, 2.24) is 0 Å². The maximum atomic E-state index is 12.4. The fourth-order valence-corrected chi connectivity index (χ4v) is 3.67. The number of hydrogen-bond acceptors (Lipinski definition) is 4. The molecule has 0 saturated carbocycles. The molecular formula is C21H42O4Si2. The number of allylic oxidation sites excluding steroid dienone is 1. The molecule has 0 spiro atoms. The zero-order chi connectivity index (χ0) is 21.3. The van der Waals surface area contributed by atoms with Crippen LogP contribution in [-0.4, -0.2) is 29.2 Å². The average molecular weight is 415 g/mol. The molecule has 0 aliphatic rings. The quantitative estimate of drug-likeness (QED) is 0.213. The van der Waals surface area contributed by atoms with Crippen LogP contribution >= 0.6 is 0 Å². The molecule has 0 amide bonds. The summed E-state index contributed by atoms with van der Waals surface area (Å²) in [5.41, 5.74) is 4.40. The van der Waals surface area contributed by atoms with E-state index in [1.165, 1.54) is 0 Å². The molecule has 27 heavy (non-hydrogen) atoms. The Kier molecular flexibility index (Phi) is 10.7. The minimum absolute atomic E-state index is 0.0246. The van der Waals surface area contributed by atoms with E-state index in [0.29, 0.717) is 25.4 Å². The van der Waals surface area contributed by atoms with Crippen molar-refractivity contribution in [3.8, 4) is 0 Å². The second-order valence-electron chi connectivity index (χ2n) is 9.50. The molecule has 0 aliphatic carbocycles. The molecule has 0 rings (SSSR count). The first kappa shape index (κ1) is 26.0. The van der Waals surface area contributed by atoms with E-state index >= 15 is 0 Å². The lowest BCUT2D eigenvalue weighted by atomic mass is 10.0. The van der Waals surface area contributed by atoms with Crippen LogP contribution in [0.15, 0.2) is 17.2 Å². The van der Waals surface area contributed by atoms with Crippen molar-refractivity contribution in [3.63, 3.8) is 0 Å². The van der Waals surface area contributed by atoms with E-state index in [1.54, 1.807) is 0 Å². The average Bonchev–Trinajstić information content (AvgIpc) is 2.47. The lowest BCUT2D eigenvalue weighted by Crippen LogP contribution is -2.42. The molecule has 0 fully saturated rings. The van der Waals surface area contributed by atoms with Gasteiger partial charge in [0.05, 0.1) is 6.61 Å². The lowest BCUT2D eigenvalue weighted by molar-refractivity contribution is -0.135. The van der Waals surface area contributed by atoms with Crippen molar-refractivity contribution >= 4 is 22.6 Å². The Hall–Kier alpha value is -0.976. The number of unbranched alkanes of at least 4 members (excludes halogenated alkanes) is 1. The zero-order valence-electron chi connectivity index (χ0n) is 19.4. The summed E-state index contributed by atoms with van der Waals surface area (Å²) in [6.07, 6.45) is 4.07. The van der Waals surface area contributed by atoms with E-state index < -0.39 is 16.6 Å². The van der Waals surface area contributed by atoms with E-state index in [2.05, 4.69) is 66.2 Å². The van der Waals surface area contributed by atoms with Crippen LogP contribution in [0.1, 0.15) is 66.7 Å². The highest BCUT2D eigenvalue weighted by Crippen LogP contribution is 2.36. The van der Waals surface area contributed by atoms with Crippen LogP contribution in [0, 0.1) is 0 Å². The minimum Gasteiger partial charge on any atom is -0.519 e. The molecule has 0 atom stereocenters. The van der Waals surface area contributed by atoms with Crippen molar-refractivity contribution in [2.24, 2.45) is 0 Å². The molecule has 0 radical (unpaired) electrons. The Labute approximate surface area is 169 Å². The van der Waals surface area contributed by atoms with Crippen molar-refractivity contribution in [3.05, 3.63) is 17.2 Å². The van der Waals surface area contributed by atoms with Gasteiger partial charge < -0.3 is 13.6 Å². The highest BCUT2D eigenvalue weighted by Gasteiger charge is 2.40. The van der Waals surface area contributed by atoms with Crippen LogP contribution < -0.4 is 0 Å². The van der Waals surface area contributed by atoms with Crippen LogP contribution in [0.25, 0.3) is 0 Å². The highest BCUT2D eigenvalue weighted by molar-refractivity contribution is 6.75. The van der Waals surface area contributed by atoms with Gasteiger partial charge in [-0.1, -0.05) is 34.1 Å². The molecule has 0 aliphatic heterocycles. The topological polar surface area (TPSA) is 44.8 Å². The molecule has 0 aromatic heterocycles. The summed E-state index contributed by atoms with van der Waals surface area (Å²) in [6, 6.07) is 0. The third-order valence-electron chi connectivity index (χ3n) is 4.59. The van der Waals surface area contributed by atoms with Crippen LogP contribution in [0.4, 0.5) is 0 Å². The summed E-state index contributed by atoms with van der Waals surface area (Å²) >= 11 is 0. The van der Waals surface area contributed by atoms with E-state index in [4.69, 9.17) is 13.6 Å². The number of rotatable bonds is 11. The van der Waals surface area contributed by atoms with Crippen molar-refractivity contribution < 1.29 is 18.4 Å². The molecule has 0 N–H and O–H groups in total. The van der Waals surface area contributed by atoms with Crippen molar-refractivity contribution in [2.45, 2.75) is 104 Å². The summed E-state index contributed by atoms with van der Waals surface area (Å²) in [7, 11) is -3.85. The number of hydrogen-bond donors (Lipinski definition) is 0. The smallest absolute Gasteiger partial charge is 0.313 e. The Bertz CT molecular complexity index is 533. The maximum Gasteiger partial charge on any atom is 0.313 e. The minimum atomic E-state index is -2.07. The standard InChI is InChI=1S/C21H42O4Si2/c1-11-13-14-18(17-20(23-12-2)25-26(6,7)8)15-16-19(22)24-27(9,10)21(3,4)5/h11-16H2,1-10H3. The second kappa shape index (κ2) is 11.1. The molecule has 0 unspecified atom stereocenters. The Morgan fingerprint density at radius 3 is 1.96 bits per heavy atom. The highest BCUT2D eigenvalue weighted by atomic mass is 28.4. The molecular weight excluding hydrogens is 372 g/mol. The molecule has 0 aromatic rings. The summed E-state index contributed by atoms with van der Waals surface area (Å²) in [6.45, 7) is 21.6. The van der Waals surface area contributed by atoms with E-state index in [1.807, 2.05) is 6.92 Å². The van der Waals surface area contributed by atoms with Gasteiger partial charge in [-0.15, -0.1) is 0 Å². The van der Waals surface area contributed by atoms with Gasteiger partial charge in [-0.2, -0.15) is 0 Å². The van der Waals surface area contributed by atoms with Gasteiger partial charge in [-0.05, 0) is 75.3 Å². The van der Waals surface area contributed by atoms with E-state index in [9.17, 15) is 4.79 Å². The van der Waals surface area contributed by atoms with Gasteiger partial charge in [0.1, 0.15) is 0 Å². The molecule has 158 valence electrons. The number of carbonyl (C=O) groups is 1. The summed E-state index contributed by atoms with van der Waals surface area (Å²) in [5, 5.41) is 0.0246. The third-order valence-corrected chi connectivity index (χ3v) is 9.74. The summed E-state index contributed by atoms with van der Waals surface area (Å²) in [5.74, 6) is 0.363. The fraction of sp³-hybridized carbons (Fsp3) is 0.810. The predicted octanol–water partition coefficient (Wildman–Crippen LogP) is 6.76. The third kappa shape index (κ3) is 11.5. The Morgan fingerprint density at radius 1 is 0.926 bits per heavy atom. The van der Waals surface area contributed by atoms with Crippen molar-refractivity contribution in [1.29, 1.82) is 0 Å². The number of carbonyl (C=O) groups excluding carboxylic acids is 1. The van der Waals surface area contributed by atoms with Gasteiger partial charge in [0, 0.05) is 6.42 Å². The largest absolute Gasteiger partial charge is 0.519 e. The normalized spacial score (nSPS) is 12.2. The van der Waals surface area contributed by atoms with Crippen LogP contribution in [0.5, 0.6) is 0 Å². The maximum absolute atomic E-state index is 12.4. The van der Waals surface area contributed by atoms with Gasteiger partial charge in [0.15, 0.2) is 0 Å². The van der Waals surface area contributed by atoms with Crippen molar-refractivity contribution in [2.75, 3.05) is 6.61 Å². The van der Waals surface area contributed by atoms with Crippen LogP contribution in [-0.2, 0) is 18.4 Å². The Balaban J connectivity index is 5.29. The molecule has 0 bridgehead atoms.